The molecule has 2 aromatic rings. The third-order valence-electron chi connectivity index (χ3n) is 2.15. The van der Waals surface area contributed by atoms with E-state index in [1.54, 1.807) is 18.2 Å². The highest BCUT2D eigenvalue weighted by Crippen LogP contribution is 2.34. The number of ether oxygens (including phenoxy) is 1. The van der Waals surface area contributed by atoms with Crippen molar-refractivity contribution in [2.24, 2.45) is 0 Å². The van der Waals surface area contributed by atoms with E-state index in [1.807, 2.05) is 6.07 Å². The van der Waals surface area contributed by atoms with E-state index in [1.165, 1.54) is 0 Å². The predicted octanol–water partition coefficient (Wildman–Crippen LogP) is 5.15. The Morgan fingerprint density at radius 1 is 1.21 bits per heavy atom. The molecular weight excluding hydrogens is 393 g/mol. The van der Waals surface area contributed by atoms with E-state index in [0.29, 0.717) is 11.9 Å². The fourth-order valence-corrected chi connectivity index (χ4v) is 2.02. The second kappa shape index (κ2) is 5.54. The molecule has 0 radical (unpaired) electrons. The molecule has 0 aliphatic heterocycles. The lowest BCUT2D eigenvalue weighted by Crippen LogP contribution is -2.05. The van der Waals surface area contributed by atoms with E-state index >= 15 is 0 Å². The molecule has 0 atom stereocenters. The number of hydrogen-bond donors (Lipinski definition) is 0. The van der Waals surface area contributed by atoms with Crippen molar-refractivity contribution in [1.29, 1.82) is 0 Å². The number of rotatable bonds is 2. The highest BCUT2D eigenvalue weighted by Gasteiger charge is 2.31. The van der Waals surface area contributed by atoms with Gasteiger partial charge in [-0.05, 0) is 46.9 Å². The maximum absolute atomic E-state index is 12.4. The van der Waals surface area contributed by atoms with Gasteiger partial charge in [-0.2, -0.15) is 13.2 Å². The van der Waals surface area contributed by atoms with Gasteiger partial charge in [0.25, 0.3) is 0 Å². The zero-order valence-electron chi connectivity index (χ0n) is 9.21. The molecule has 0 saturated carbocycles. The van der Waals surface area contributed by atoms with Gasteiger partial charge in [0.1, 0.15) is 10.8 Å². The van der Waals surface area contributed by atoms with E-state index in [2.05, 4.69) is 27.6 Å². The molecule has 100 valence electrons. The molecule has 2 rings (SSSR count). The number of benzene rings is 1. The van der Waals surface area contributed by atoms with Crippen LogP contribution in [0.3, 0.4) is 0 Å². The summed E-state index contributed by atoms with van der Waals surface area (Å²) in [7, 11) is 0. The topological polar surface area (TPSA) is 22.1 Å². The molecule has 0 aliphatic rings. The van der Waals surface area contributed by atoms with Crippen LogP contribution in [0.2, 0.25) is 5.02 Å². The third-order valence-corrected chi connectivity index (χ3v) is 3.09. The molecule has 0 amide bonds. The lowest BCUT2D eigenvalue weighted by Gasteiger charge is -2.10. The molecule has 19 heavy (non-hydrogen) atoms. The number of nitrogens with zero attached hydrogens (tertiary/aromatic N) is 1. The number of halogens is 5. The van der Waals surface area contributed by atoms with Gasteiger partial charge >= 0.3 is 6.18 Å². The molecule has 0 unspecified atom stereocenters. The van der Waals surface area contributed by atoms with Gasteiger partial charge in [-0.3, -0.25) is 0 Å². The van der Waals surface area contributed by atoms with Gasteiger partial charge in [0.15, 0.2) is 0 Å². The van der Waals surface area contributed by atoms with Crippen LogP contribution in [0.1, 0.15) is 5.56 Å². The minimum absolute atomic E-state index is 0.0586. The first-order chi connectivity index (χ1) is 8.86. The Labute approximate surface area is 125 Å². The first kappa shape index (κ1) is 14.4. The van der Waals surface area contributed by atoms with Crippen LogP contribution in [-0.4, -0.2) is 4.98 Å². The highest BCUT2D eigenvalue weighted by atomic mass is 127. The van der Waals surface area contributed by atoms with Crippen molar-refractivity contribution in [2.75, 3.05) is 0 Å². The zero-order valence-corrected chi connectivity index (χ0v) is 12.1. The summed E-state index contributed by atoms with van der Waals surface area (Å²) in [6.45, 7) is 0. The Hall–Kier alpha value is -1.02. The van der Waals surface area contributed by atoms with Crippen molar-refractivity contribution in [1.82, 2.24) is 4.98 Å². The summed E-state index contributed by atoms with van der Waals surface area (Å²) in [5.41, 5.74) is -0.910. The van der Waals surface area contributed by atoms with Crippen LogP contribution in [0.5, 0.6) is 11.6 Å². The van der Waals surface area contributed by atoms with Crippen LogP contribution in [0.15, 0.2) is 36.5 Å². The fraction of sp³-hybridized carbons (Fsp3) is 0.0833. The number of hydrogen-bond acceptors (Lipinski definition) is 2. The predicted molar refractivity (Wildman–Crippen MR) is 73.5 cm³/mol. The summed E-state index contributed by atoms with van der Waals surface area (Å²) in [6, 6.07) is 7.79. The molecule has 0 bridgehead atoms. The average molecular weight is 400 g/mol. The van der Waals surface area contributed by atoms with Crippen LogP contribution in [-0.2, 0) is 6.18 Å². The van der Waals surface area contributed by atoms with E-state index in [-0.39, 0.29) is 10.9 Å². The standard InChI is InChI=1S/C12H6ClF3INO/c13-10-4-7(12(14,15)16)6-18-11(10)19-9-3-1-2-8(17)5-9/h1-6H. The molecule has 0 aliphatic carbocycles. The minimum Gasteiger partial charge on any atom is -0.438 e. The van der Waals surface area contributed by atoms with Crippen molar-refractivity contribution in [2.45, 2.75) is 6.18 Å². The van der Waals surface area contributed by atoms with Crippen molar-refractivity contribution in [3.05, 3.63) is 50.7 Å². The van der Waals surface area contributed by atoms with Crippen LogP contribution in [0, 0.1) is 3.57 Å². The van der Waals surface area contributed by atoms with E-state index < -0.39 is 11.7 Å². The van der Waals surface area contributed by atoms with E-state index in [9.17, 15) is 13.2 Å². The molecular formula is C12H6ClF3INO. The molecule has 2 nitrogen and oxygen atoms in total. The molecule has 1 heterocycles. The quantitative estimate of drug-likeness (QED) is 0.652. The highest BCUT2D eigenvalue weighted by molar-refractivity contribution is 14.1. The van der Waals surface area contributed by atoms with Crippen molar-refractivity contribution in [3.63, 3.8) is 0 Å². The van der Waals surface area contributed by atoms with Gasteiger partial charge in [-0.25, -0.2) is 4.98 Å². The SMILES string of the molecule is FC(F)(F)c1cnc(Oc2cccc(I)c2)c(Cl)c1. The van der Waals surface area contributed by atoms with Gasteiger partial charge in [-0.15, -0.1) is 0 Å². The Kier molecular flexibility index (Phi) is 4.19. The normalized spacial score (nSPS) is 11.4. The van der Waals surface area contributed by atoms with Gasteiger partial charge in [0.05, 0.1) is 5.56 Å². The largest absolute Gasteiger partial charge is 0.438 e. The van der Waals surface area contributed by atoms with E-state index in [4.69, 9.17) is 16.3 Å². The third kappa shape index (κ3) is 3.73. The van der Waals surface area contributed by atoms with Crippen LogP contribution < -0.4 is 4.74 Å². The van der Waals surface area contributed by atoms with Crippen molar-refractivity contribution < 1.29 is 17.9 Å². The van der Waals surface area contributed by atoms with E-state index in [0.717, 1.165) is 9.64 Å². The molecule has 1 aromatic heterocycles. The Morgan fingerprint density at radius 2 is 1.95 bits per heavy atom. The first-order valence-electron chi connectivity index (χ1n) is 5.02. The average Bonchev–Trinajstić information content (AvgIpc) is 2.30. The summed E-state index contributed by atoms with van der Waals surface area (Å²) >= 11 is 7.83. The van der Waals surface area contributed by atoms with Crippen LogP contribution in [0.25, 0.3) is 0 Å². The van der Waals surface area contributed by atoms with Crippen molar-refractivity contribution in [3.8, 4) is 11.6 Å². The molecule has 0 saturated heterocycles. The summed E-state index contributed by atoms with van der Waals surface area (Å²) in [5.74, 6) is 0.401. The first-order valence-corrected chi connectivity index (χ1v) is 6.48. The summed E-state index contributed by atoms with van der Waals surface area (Å²) in [6.07, 6.45) is -3.79. The number of aromatic nitrogens is 1. The lowest BCUT2D eigenvalue weighted by molar-refractivity contribution is -0.137. The summed E-state index contributed by atoms with van der Waals surface area (Å²) < 4.78 is 43.6. The van der Waals surface area contributed by atoms with Crippen LogP contribution >= 0.6 is 34.2 Å². The molecule has 0 spiro atoms. The second-order valence-corrected chi connectivity index (χ2v) is 5.22. The zero-order chi connectivity index (χ0) is 14.0. The smallest absolute Gasteiger partial charge is 0.417 e. The Bertz CT molecular complexity index is 604. The molecule has 7 heteroatoms. The fourth-order valence-electron chi connectivity index (χ4n) is 1.30. The minimum atomic E-state index is -4.47. The molecule has 0 N–H and O–H groups in total. The van der Waals surface area contributed by atoms with Crippen molar-refractivity contribution >= 4 is 34.2 Å². The van der Waals surface area contributed by atoms with Gasteiger partial charge in [0, 0.05) is 9.77 Å². The van der Waals surface area contributed by atoms with Crippen LogP contribution in [0.4, 0.5) is 13.2 Å². The Balaban J connectivity index is 2.27. The number of alkyl halides is 3. The Morgan fingerprint density at radius 3 is 2.53 bits per heavy atom. The maximum Gasteiger partial charge on any atom is 0.417 e. The summed E-state index contributed by atoms with van der Waals surface area (Å²) in [4.78, 5) is 3.59. The molecule has 1 aromatic carbocycles. The maximum atomic E-state index is 12.4. The summed E-state index contributed by atoms with van der Waals surface area (Å²) in [5, 5.41) is -0.186. The van der Waals surface area contributed by atoms with Gasteiger partial charge in [-0.1, -0.05) is 17.7 Å². The lowest BCUT2D eigenvalue weighted by atomic mass is 10.3. The number of pyridine rings is 1. The monoisotopic (exact) mass is 399 g/mol. The van der Waals surface area contributed by atoms with Gasteiger partial charge in [0.2, 0.25) is 5.88 Å². The second-order valence-electron chi connectivity index (χ2n) is 3.57. The van der Waals surface area contributed by atoms with Gasteiger partial charge < -0.3 is 4.74 Å². The molecule has 0 fully saturated rings.